The van der Waals surface area contributed by atoms with Crippen LogP contribution in [0.1, 0.15) is 20.3 Å². The van der Waals surface area contributed by atoms with Gasteiger partial charge in [0.1, 0.15) is 9.39 Å². The van der Waals surface area contributed by atoms with Crippen molar-refractivity contribution in [2.24, 2.45) is 0 Å². The standard InChI is InChI=1S/C11H16IN3O2/c1-3-8-5-17-7(2)4-15(8)10-9(12)11(16)14-6-13-10/h6-8H,3-5H2,1-2H3,(H,13,14,16). The van der Waals surface area contributed by atoms with E-state index in [0.29, 0.717) is 16.2 Å². The topological polar surface area (TPSA) is 58.2 Å². The molecule has 1 aromatic rings. The van der Waals surface area contributed by atoms with E-state index < -0.39 is 0 Å². The molecule has 1 fully saturated rings. The van der Waals surface area contributed by atoms with E-state index in [1.807, 2.05) is 6.92 Å². The van der Waals surface area contributed by atoms with Crippen LogP contribution < -0.4 is 10.5 Å². The molecule has 1 aliphatic heterocycles. The summed E-state index contributed by atoms with van der Waals surface area (Å²) in [6.45, 7) is 5.64. The number of nitrogens with one attached hydrogen (secondary N) is 1. The second-order valence-electron chi connectivity index (χ2n) is 4.23. The normalized spacial score (nSPS) is 25.0. The monoisotopic (exact) mass is 349 g/mol. The smallest absolute Gasteiger partial charge is 0.266 e. The number of hydrogen-bond donors (Lipinski definition) is 1. The minimum absolute atomic E-state index is 0.0791. The Morgan fingerprint density at radius 3 is 3.18 bits per heavy atom. The molecular weight excluding hydrogens is 333 g/mol. The maximum Gasteiger partial charge on any atom is 0.266 e. The van der Waals surface area contributed by atoms with Gasteiger partial charge in [-0.2, -0.15) is 0 Å². The molecule has 1 aromatic heterocycles. The quantitative estimate of drug-likeness (QED) is 0.820. The van der Waals surface area contributed by atoms with Gasteiger partial charge in [0.2, 0.25) is 0 Å². The first-order valence-electron chi connectivity index (χ1n) is 5.75. The zero-order valence-electron chi connectivity index (χ0n) is 9.94. The molecule has 1 N–H and O–H groups in total. The summed E-state index contributed by atoms with van der Waals surface area (Å²) in [5.74, 6) is 0.774. The van der Waals surface area contributed by atoms with Gasteiger partial charge in [-0.25, -0.2) is 4.98 Å². The third-order valence-electron chi connectivity index (χ3n) is 2.99. The Kier molecular flexibility index (Phi) is 4.03. The van der Waals surface area contributed by atoms with Crippen molar-refractivity contribution in [2.45, 2.75) is 32.4 Å². The van der Waals surface area contributed by atoms with Crippen LogP contribution in [0.4, 0.5) is 5.82 Å². The molecule has 94 valence electrons. The number of halogens is 1. The van der Waals surface area contributed by atoms with Crippen LogP contribution in [0, 0.1) is 3.57 Å². The maximum atomic E-state index is 11.6. The largest absolute Gasteiger partial charge is 0.375 e. The van der Waals surface area contributed by atoms with Gasteiger partial charge in [0.15, 0.2) is 0 Å². The van der Waals surface area contributed by atoms with Crippen LogP contribution in [0.3, 0.4) is 0 Å². The van der Waals surface area contributed by atoms with Crippen LogP contribution in [-0.4, -0.2) is 35.3 Å². The summed E-state index contributed by atoms with van der Waals surface area (Å²) >= 11 is 2.05. The first-order chi connectivity index (χ1) is 8.13. The number of aromatic amines is 1. The molecule has 1 aliphatic rings. The molecule has 5 nitrogen and oxygen atoms in total. The van der Waals surface area contributed by atoms with Gasteiger partial charge < -0.3 is 14.6 Å². The van der Waals surface area contributed by atoms with Crippen LogP contribution >= 0.6 is 22.6 Å². The SMILES string of the molecule is CCC1COC(C)CN1c1nc[nH]c(=O)c1I. The van der Waals surface area contributed by atoms with Gasteiger partial charge in [-0.1, -0.05) is 6.92 Å². The van der Waals surface area contributed by atoms with Crippen LogP contribution in [0.15, 0.2) is 11.1 Å². The minimum atomic E-state index is -0.0791. The fourth-order valence-electron chi connectivity index (χ4n) is 2.02. The first-order valence-corrected chi connectivity index (χ1v) is 6.82. The zero-order valence-corrected chi connectivity index (χ0v) is 12.1. The van der Waals surface area contributed by atoms with E-state index >= 15 is 0 Å². The van der Waals surface area contributed by atoms with Crippen molar-refractivity contribution in [3.05, 3.63) is 20.3 Å². The van der Waals surface area contributed by atoms with E-state index in [1.165, 1.54) is 6.33 Å². The fourth-order valence-corrected chi connectivity index (χ4v) is 2.62. The van der Waals surface area contributed by atoms with Gasteiger partial charge in [-0.05, 0) is 35.9 Å². The number of anilines is 1. The molecule has 0 bridgehead atoms. The predicted molar refractivity (Wildman–Crippen MR) is 74.4 cm³/mol. The molecule has 0 aliphatic carbocycles. The minimum Gasteiger partial charge on any atom is -0.375 e. The highest BCUT2D eigenvalue weighted by molar-refractivity contribution is 14.1. The molecule has 0 spiro atoms. The number of rotatable bonds is 2. The maximum absolute atomic E-state index is 11.6. The van der Waals surface area contributed by atoms with Gasteiger partial charge in [-0.3, -0.25) is 4.79 Å². The van der Waals surface area contributed by atoms with E-state index in [9.17, 15) is 4.79 Å². The van der Waals surface area contributed by atoms with E-state index in [2.05, 4.69) is 44.4 Å². The Labute approximate surface area is 114 Å². The predicted octanol–water partition coefficient (Wildman–Crippen LogP) is 1.38. The van der Waals surface area contributed by atoms with Crippen LogP contribution in [0.5, 0.6) is 0 Å². The van der Waals surface area contributed by atoms with E-state index in [-0.39, 0.29) is 11.7 Å². The van der Waals surface area contributed by atoms with Crippen molar-refractivity contribution in [1.29, 1.82) is 0 Å². The molecule has 2 heterocycles. The lowest BCUT2D eigenvalue weighted by Crippen LogP contribution is -2.49. The molecule has 17 heavy (non-hydrogen) atoms. The van der Waals surface area contributed by atoms with Crippen molar-refractivity contribution in [3.8, 4) is 0 Å². The highest BCUT2D eigenvalue weighted by atomic mass is 127. The summed E-state index contributed by atoms with van der Waals surface area (Å²) in [6, 6.07) is 0.300. The lowest BCUT2D eigenvalue weighted by atomic mass is 10.1. The van der Waals surface area contributed by atoms with Crippen molar-refractivity contribution in [3.63, 3.8) is 0 Å². The molecule has 2 rings (SSSR count). The summed E-state index contributed by atoms with van der Waals surface area (Å²) in [5.41, 5.74) is -0.0791. The zero-order chi connectivity index (χ0) is 12.4. The van der Waals surface area contributed by atoms with Crippen molar-refractivity contribution >= 4 is 28.4 Å². The molecule has 6 heteroatoms. The lowest BCUT2D eigenvalue weighted by molar-refractivity contribution is 0.0295. The number of nitrogens with zero attached hydrogens (tertiary/aromatic N) is 2. The Hall–Kier alpha value is -0.630. The second-order valence-corrected chi connectivity index (χ2v) is 5.31. The summed E-state index contributed by atoms with van der Waals surface area (Å²) in [4.78, 5) is 20.7. The van der Waals surface area contributed by atoms with E-state index in [1.54, 1.807) is 0 Å². The summed E-state index contributed by atoms with van der Waals surface area (Å²) in [6.07, 6.45) is 2.62. The third kappa shape index (κ3) is 2.62. The Morgan fingerprint density at radius 2 is 2.47 bits per heavy atom. The van der Waals surface area contributed by atoms with Crippen molar-refractivity contribution in [2.75, 3.05) is 18.1 Å². The third-order valence-corrected chi connectivity index (χ3v) is 3.96. The van der Waals surface area contributed by atoms with Gasteiger partial charge in [0.05, 0.1) is 25.1 Å². The Bertz CT molecular complexity index is 449. The highest BCUT2D eigenvalue weighted by Crippen LogP contribution is 2.23. The molecule has 0 radical (unpaired) electrons. The van der Waals surface area contributed by atoms with Gasteiger partial charge in [0.25, 0.3) is 5.56 Å². The summed E-state index contributed by atoms with van der Waals surface area (Å²) in [5, 5.41) is 0. The van der Waals surface area contributed by atoms with Crippen LogP contribution in [0.2, 0.25) is 0 Å². The number of ether oxygens (including phenoxy) is 1. The first kappa shape index (κ1) is 12.8. The van der Waals surface area contributed by atoms with Crippen molar-refractivity contribution in [1.82, 2.24) is 9.97 Å². The average molecular weight is 349 g/mol. The van der Waals surface area contributed by atoms with Crippen molar-refractivity contribution < 1.29 is 4.74 Å². The Morgan fingerprint density at radius 1 is 1.71 bits per heavy atom. The van der Waals surface area contributed by atoms with E-state index in [0.717, 1.165) is 18.8 Å². The Balaban J connectivity index is 2.35. The molecule has 1 saturated heterocycles. The molecule has 2 atom stereocenters. The molecule has 0 amide bonds. The van der Waals surface area contributed by atoms with E-state index in [4.69, 9.17) is 4.74 Å². The molecule has 2 unspecified atom stereocenters. The van der Waals surface area contributed by atoms with Crippen LogP contribution in [-0.2, 0) is 4.74 Å². The number of hydrogen-bond acceptors (Lipinski definition) is 4. The highest BCUT2D eigenvalue weighted by Gasteiger charge is 2.28. The van der Waals surface area contributed by atoms with Gasteiger partial charge in [-0.15, -0.1) is 0 Å². The number of aromatic nitrogens is 2. The average Bonchev–Trinajstić information content (AvgIpc) is 2.33. The summed E-state index contributed by atoms with van der Waals surface area (Å²) in [7, 11) is 0. The summed E-state index contributed by atoms with van der Waals surface area (Å²) < 4.78 is 6.30. The number of H-pyrrole nitrogens is 1. The van der Waals surface area contributed by atoms with Gasteiger partial charge in [0, 0.05) is 6.54 Å². The van der Waals surface area contributed by atoms with Crippen LogP contribution in [0.25, 0.3) is 0 Å². The molecular formula is C11H16IN3O2. The second kappa shape index (κ2) is 5.34. The number of morpholine rings is 1. The lowest BCUT2D eigenvalue weighted by Gasteiger charge is -2.39. The molecule has 0 saturated carbocycles. The fraction of sp³-hybridized carbons (Fsp3) is 0.636. The molecule has 0 aromatic carbocycles. The van der Waals surface area contributed by atoms with Gasteiger partial charge >= 0.3 is 0 Å².